The van der Waals surface area contributed by atoms with Crippen molar-refractivity contribution in [2.75, 3.05) is 6.54 Å². The average molecular weight is 238 g/mol. The van der Waals surface area contributed by atoms with Gasteiger partial charge in [-0.15, -0.1) is 0 Å². The number of hydrogen-bond donors (Lipinski definition) is 2. The first kappa shape index (κ1) is 13.6. The zero-order valence-electron chi connectivity index (χ0n) is 10.5. The first-order chi connectivity index (χ1) is 7.91. The Bertz CT molecular complexity index is 404. The highest BCUT2D eigenvalue weighted by molar-refractivity contribution is 5.95. The number of nitrogens with one attached hydrogen (secondary N) is 1. The second-order valence-corrected chi connectivity index (χ2v) is 4.58. The topological polar surface area (TPSA) is 55.1 Å². The van der Waals surface area contributed by atoms with Crippen LogP contribution in [0.25, 0.3) is 0 Å². The molecule has 1 aromatic carbocycles. The lowest BCUT2D eigenvalue weighted by Crippen LogP contribution is -2.40. The van der Waals surface area contributed by atoms with Crippen LogP contribution >= 0.6 is 0 Å². The number of rotatable bonds is 4. The molecule has 0 aliphatic rings. The van der Waals surface area contributed by atoms with Crippen LogP contribution in [0.5, 0.6) is 0 Å². The van der Waals surface area contributed by atoms with Gasteiger partial charge in [-0.25, -0.2) is 4.39 Å². The van der Waals surface area contributed by atoms with E-state index in [1.165, 1.54) is 12.1 Å². The van der Waals surface area contributed by atoms with Crippen molar-refractivity contribution in [3.8, 4) is 0 Å². The summed E-state index contributed by atoms with van der Waals surface area (Å²) in [5.41, 5.74) is 6.94. The number of carbonyl (C=O) groups is 1. The quantitative estimate of drug-likeness (QED) is 0.841. The van der Waals surface area contributed by atoms with Crippen molar-refractivity contribution in [1.29, 1.82) is 0 Å². The molecule has 3 nitrogen and oxygen atoms in total. The van der Waals surface area contributed by atoms with Gasteiger partial charge in [0.1, 0.15) is 5.82 Å². The molecule has 17 heavy (non-hydrogen) atoms. The lowest BCUT2D eigenvalue weighted by molar-refractivity contribution is 0.0948. The predicted molar refractivity (Wildman–Crippen MR) is 66.3 cm³/mol. The van der Waals surface area contributed by atoms with Gasteiger partial charge in [-0.05, 0) is 30.5 Å². The van der Waals surface area contributed by atoms with Crippen LogP contribution in [0.1, 0.15) is 29.8 Å². The maximum atomic E-state index is 13.0. The van der Waals surface area contributed by atoms with Crippen LogP contribution in [0.4, 0.5) is 4.39 Å². The number of hydrogen-bond acceptors (Lipinski definition) is 2. The van der Waals surface area contributed by atoms with Crippen molar-refractivity contribution in [3.63, 3.8) is 0 Å². The Labute approximate surface area is 101 Å². The van der Waals surface area contributed by atoms with Gasteiger partial charge in [0.2, 0.25) is 0 Å². The molecular formula is C13H19FN2O. The molecule has 0 saturated heterocycles. The molecule has 4 heteroatoms. The number of nitrogens with two attached hydrogens (primary N) is 1. The maximum Gasteiger partial charge on any atom is 0.251 e. The first-order valence-corrected chi connectivity index (χ1v) is 5.71. The van der Waals surface area contributed by atoms with Crippen molar-refractivity contribution in [3.05, 3.63) is 35.1 Å². The highest BCUT2D eigenvalue weighted by Crippen LogP contribution is 2.10. The number of halogens is 1. The molecule has 1 rings (SSSR count). The maximum absolute atomic E-state index is 13.0. The molecule has 0 heterocycles. The Kier molecular flexibility index (Phi) is 4.63. The molecule has 0 spiro atoms. The van der Waals surface area contributed by atoms with E-state index in [0.717, 1.165) is 5.56 Å². The van der Waals surface area contributed by atoms with Gasteiger partial charge in [-0.1, -0.05) is 19.9 Å². The van der Waals surface area contributed by atoms with E-state index in [2.05, 4.69) is 5.32 Å². The molecule has 0 aliphatic heterocycles. The third-order valence-corrected chi connectivity index (χ3v) is 2.80. The summed E-state index contributed by atoms with van der Waals surface area (Å²) < 4.78 is 13.0. The van der Waals surface area contributed by atoms with Crippen LogP contribution in [0, 0.1) is 18.7 Å². The molecule has 0 bridgehead atoms. The van der Waals surface area contributed by atoms with E-state index in [9.17, 15) is 9.18 Å². The van der Waals surface area contributed by atoms with Gasteiger partial charge in [0.25, 0.3) is 5.91 Å². The van der Waals surface area contributed by atoms with Crippen LogP contribution in [0.15, 0.2) is 18.2 Å². The summed E-state index contributed by atoms with van der Waals surface area (Å²) in [6.45, 7) is 6.15. The van der Waals surface area contributed by atoms with Crippen LogP contribution in [0.2, 0.25) is 0 Å². The fraction of sp³-hybridized carbons (Fsp3) is 0.462. The minimum Gasteiger partial charge on any atom is -0.350 e. The SMILES string of the molecule is Cc1ccc(F)cc1C(=O)NCC(N)C(C)C. The molecule has 1 amide bonds. The van der Waals surface area contributed by atoms with Gasteiger partial charge in [-0.2, -0.15) is 0 Å². The molecule has 1 unspecified atom stereocenters. The van der Waals surface area contributed by atoms with Gasteiger partial charge in [0.15, 0.2) is 0 Å². The minimum absolute atomic E-state index is 0.0900. The summed E-state index contributed by atoms with van der Waals surface area (Å²) in [7, 11) is 0. The summed E-state index contributed by atoms with van der Waals surface area (Å²) in [6.07, 6.45) is 0. The zero-order valence-corrected chi connectivity index (χ0v) is 10.5. The van der Waals surface area contributed by atoms with Crippen molar-refractivity contribution < 1.29 is 9.18 Å². The molecule has 1 atom stereocenters. The molecule has 94 valence electrons. The van der Waals surface area contributed by atoms with Crippen LogP contribution in [-0.4, -0.2) is 18.5 Å². The minimum atomic E-state index is -0.408. The number of aryl methyl sites for hydroxylation is 1. The van der Waals surface area contributed by atoms with E-state index in [1.807, 2.05) is 13.8 Å². The van der Waals surface area contributed by atoms with E-state index in [4.69, 9.17) is 5.73 Å². The van der Waals surface area contributed by atoms with Crippen molar-refractivity contribution in [2.24, 2.45) is 11.7 Å². The number of benzene rings is 1. The fourth-order valence-electron chi connectivity index (χ4n) is 1.38. The van der Waals surface area contributed by atoms with Crippen molar-refractivity contribution in [1.82, 2.24) is 5.32 Å². The third kappa shape index (κ3) is 3.82. The Hall–Kier alpha value is -1.42. The standard InChI is InChI=1S/C13H19FN2O/c1-8(2)12(15)7-16-13(17)11-6-10(14)5-4-9(11)3/h4-6,8,12H,7,15H2,1-3H3,(H,16,17). The Morgan fingerprint density at radius 3 is 2.71 bits per heavy atom. The van der Waals surface area contributed by atoms with Crippen molar-refractivity contribution >= 4 is 5.91 Å². The largest absolute Gasteiger partial charge is 0.350 e. The van der Waals surface area contributed by atoms with Crippen LogP contribution < -0.4 is 11.1 Å². The van der Waals surface area contributed by atoms with E-state index < -0.39 is 5.82 Å². The summed E-state index contributed by atoms with van der Waals surface area (Å²) in [5.74, 6) is -0.393. The zero-order chi connectivity index (χ0) is 13.0. The van der Waals surface area contributed by atoms with Gasteiger partial charge in [0, 0.05) is 18.2 Å². The van der Waals surface area contributed by atoms with Gasteiger partial charge >= 0.3 is 0 Å². The van der Waals surface area contributed by atoms with E-state index in [0.29, 0.717) is 18.0 Å². The molecule has 0 saturated carbocycles. The highest BCUT2D eigenvalue weighted by atomic mass is 19.1. The van der Waals surface area contributed by atoms with Gasteiger partial charge in [0.05, 0.1) is 0 Å². The molecular weight excluding hydrogens is 219 g/mol. The average Bonchev–Trinajstić information content (AvgIpc) is 2.28. The fourth-order valence-corrected chi connectivity index (χ4v) is 1.38. The van der Waals surface area contributed by atoms with Crippen LogP contribution in [-0.2, 0) is 0 Å². The second-order valence-electron chi connectivity index (χ2n) is 4.58. The normalized spacial score (nSPS) is 12.6. The molecule has 3 N–H and O–H groups in total. The number of carbonyl (C=O) groups excluding carboxylic acids is 1. The molecule has 0 fully saturated rings. The monoisotopic (exact) mass is 238 g/mol. The van der Waals surface area contributed by atoms with Crippen molar-refractivity contribution in [2.45, 2.75) is 26.8 Å². The molecule has 0 aliphatic carbocycles. The van der Waals surface area contributed by atoms with Gasteiger partial charge in [-0.3, -0.25) is 4.79 Å². The smallest absolute Gasteiger partial charge is 0.251 e. The van der Waals surface area contributed by atoms with Crippen LogP contribution in [0.3, 0.4) is 0 Å². The molecule has 0 radical (unpaired) electrons. The second kappa shape index (κ2) is 5.77. The summed E-state index contributed by atoms with van der Waals surface area (Å²) >= 11 is 0. The lowest BCUT2D eigenvalue weighted by Gasteiger charge is -2.16. The third-order valence-electron chi connectivity index (χ3n) is 2.80. The van der Waals surface area contributed by atoms with Gasteiger partial charge < -0.3 is 11.1 Å². The van der Waals surface area contributed by atoms with E-state index >= 15 is 0 Å². The summed E-state index contributed by atoms with van der Waals surface area (Å²) in [5, 5.41) is 2.72. The first-order valence-electron chi connectivity index (χ1n) is 5.71. The Morgan fingerprint density at radius 1 is 1.47 bits per heavy atom. The Balaban J connectivity index is 2.67. The molecule has 0 aromatic heterocycles. The lowest BCUT2D eigenvalue weighted by atomic mass is 10.0. The summed E-state index contributed by atoms with van der Waals surface area (Å²) in [4.78, 5) is 11.8. The summed E-state index contributed by atoms with van der Waals surface area (Å²) in [6, 6.07) is 4.08. The highest BCUT2D eigenvalue weighted by Gasteiger charge is 2.13. The van der Waals surface area contributed by atoms with E-state index in [1.54, 1.807) is 13.0 Å². The molecule has 1 aromatic rings. The predicted octanol–water partition coefficient (Wildman–Crippen LogP) is 1.85. The Morgan fingerprint density at radius 2 is 2.12 bits per heavy atom. The van der Waals surface area contributed by atoms with E-state index in [-0.39, 0.29) is 11.9 Å². The number of amides is 1.